The number of nitrogens with zero attached hydrogens (tertiary/aromatic N) is 1. The van der Waals surface area contributed by atoms with Crippen molar-refractivity contribution in [2.75, 3.05) is 5.32 Å². The van der Waals surface area contributed by atoms with Crippen LogP contribution in [-0.4, -0.2) is 4.98 Å². The first-order chi connectivity index (χ1) is 8.31. The maximum atomic E-state index is 13.0. The normalized spacial score (nSPS) is 10.6. The lowest BCUT2D eigenvalue weighted by Gasteiger charge is -2.01. The van der Waals surface area contributed by atoms with Gasteiger partial charge in [0.25, 0.3) is 0 Å². The molecule has 17 heavy (non-hydrogen) atoms. The number of halogens is 1. The molecule has 0 fully saturated rings. The molecule has 0 saturated heterocycles. The smallest absolute Gasteiger partial charge is 0.188 e. The predicted octanol–water partition coefficient (Wildman–Crippen LogP) is 4.18. The van der Waals surface area contributed by atoms with Gasteiger partial charge in [0, 0.05) is 5.69 Å². The molecule has 2 nitrogen and oxygen atoms in total. The van der Waals surface area contributed by atoms with Crippen LogP contribution in [0.4, 0.5) is 15.2 Å². The highest BCUT2D eigenvalue weighted by atomic mass is 32.1. The second kappa shape index (κ2) is 4.14. The molecule has 0 aliphatic carbocycles. The van der Waals surface area contributed by atoms with E-state index in [0.29, 0.717) is 5.69 Å². The molecular weight excluding hydrogens is 235 g/mol. The van der Waals surface area contributed by atoms with E-state index in [1.807, 2.05) is 30.3 Å². The van der Waals surface area contributed by atoms with Gasteiger partial charge >= 0.3 is 0 Å². The molecule has 0 radical (unpaired) electrons. The molecule has 0 atom stereocenters. The lowest BCUT2D eigenvalue weighted by molar-refractivity contribution is 0.628. The van der Waals surface area contributed by atoms with Gasteiger partial charge in [0.05, 0.1) is 10.2 Å². The third kappa shape index (κ3) is 2.12. The zero-order chi connectivity index (χ0) is 11.7. The van der Waals surface area contributed by atoms with Gasteiger partial charge in [-0.2, -0.15) is 0 Å². The van der Waals surface area contributed by atoms with Crippen molar-refractivity contribution < 1.29 is 4.39 Å². The Morgan fingerprint density at radius 2 is 1.94 bits per heavy atom. The first-order valence-electron chi connectivity index (χ1n) is 5.19. The number of benzene rings is 2. The van der Waals surface area contributed by atoms with Crippen molar-refractivity contribution in [3.63, 3.8) is 0 Å². The van der Waals surface area contributed by atoms with Crippen molar-refractivity contribution in [2.45, 2.75) is 0 Å². The summed E-state index contributed by atoms with van der Waals surface area (Å²) in [6, 6.07) is 14.3. The fourth-order valence-electron chi connectivity index (χ4n) is 1.62. The quantitative estimate of drug-likeness (QED) is 0.731. The summed E-state index contributed by atoms with van der Waals surface area (Å²) in [5.74, 6) is -0.254. The van der Waals surface area contributed by atoms with Gasteiger partial charge in [-0.05, 0) is 30.3 Å². The second-order valence-electron chi connectivity index (χ2n) is 3.62. The monoisotopic (exact) mass is 244 g/mol. The van der Waals surface area contributed by atoms with Crippen LogP contribution in [-0.2, 0) is 0 Å². The van der Waals surface area contributed by atoms with Crippen molar-refractivity contribution in [3.8, 4) is 0 Å². The predicted molar refractivity (Wildman–Crippen MR) is 69.3 cm³/mol. The maximum Gasteiger partial charge on any atom is 0.188 e. The summed E-state index contributed by atoms with van der Waals surface area (Å²) >= 11 is 1.55. The van der Waals surface area contributed by atoms with E-state index in [1.54, 1.807) is 17.4 Å². The molecule has 84 valence electrons. The van der Waals surface area contributed by atoms with Crippen LogP contribution < -0.4 is 5.32 Å². The summed E-state index contributed by atoms with van der Waals surface area (Å²) in [4.78, 5) is 4.42. The fourth-order valence-corrected chi connectivity index (χ4v) is 2.50. The Kier molecular flexibility index (Phi) is 2.49. The SMILES string of the molecule is Fc1cccc(Nc2nc3ccccc3s2)c1. The first kappa shape index (κ1) is 10.2. The minimum atomic E-state index is -0.254. The van der Waals surface area contributed by atoms with Gasteiger partial charge in [-0.1, -0.05) is 29.5 Å². The van der Waals surface area contributed by atoms with E-state index in [2.05, 4.69) is 10.3 Å². The summed E-state index contributed by atoms with van der Waals surface area (Å²) in [7, 11) is 0. The van der Waals surface area contributed by atoms with Crippen LogP contribution in [0.1, 0.15) is 0 Å². The van der Waals surface area contributed by atoms with Gasteiger partial charge in [0.15, 0.2) is 5.13 Å². The van der Waals surface area contributed by atoms with E-state index < -0.39 is 0 Å². The molecule has 0 spiro atoms. The van der Waals surface area contributed by atoms with Crippen LogP contribution in [0, 0.1) is 5.82 Å². The molecule has 0 amide bonds. The van der Waals surface area contributed by atoms with Gasteiger partial charge in [-0.3, -0.25) is 0 Å². The fraction of sp³-hybridized carbons (Fsp3) is 0. The number of hydrogen-bond donors (Lipinski definition) is 1. The third-order valence-corrected chi connectivity index (χ3v) is 3.32. The van der Waals surface area contributed by atoms with Gasteiger partial charge in [-0.25, -0.2) is 9.37 Å². The Bertz CT molecular complexity index is 630. The highest BCUT2D eigenvalue weighted by Crippen LogP contribution is 2.27. The van der Waals surface area contributed by atoms with Crippen LogP contribution in [0.3, 0.4) is 0 Å². The van der Waals surface area contributed by atoms with Crippen LogP contribution in [0.5, 0.6) is 0 Å². The summed E-state index contributed by atoms with van der Waals surface area (Å²) in [6.45, 7) is 0. The zero-order valence-corrected chi connectivity index (χ0v) is 9.67. The van der Waals surface area contributed by atoms with E-state index in [4.69, 9.17) is 0 Å². The Balaban J connectivity index is 1.94. The van der Waals surface area contributed by atoms with Crippen LogP contribution >= 0.6 is 11.3 Å². The number of nitrogens with one attached hydrogen (secondary N) is 1. The number of fused-ring (bicyclic) bond motifs is 1. The van der Waals surface area contributed by atoms with Crippen molar-refractivity contribution >= 4 is 32.4 Å². The average Bonchev–Trinajstić information content (AvgIpc) is 2.71. The summed E-state index contributed by atoms with van der Waals surface area (Å²) in [5.41, 5.74) is 1.67. The van der Waals surface area contributed by atoms with Gasteiger partial charge in [-0.15, -0.1) is 0 Å². The molecule has 0 aliphatic rings. The lowest BCUT2D eigenvalue weighted by atomic mass is 10.3. The minimum absolute atomic E-state index is 0.254. The number of thiazole rings is 1. The summed E-state index contributed by atoms with van der Waals surface area (Å²) < 4.78 is 14.1. The highest BCUT2D eigenvalue weighted by molar-refractivity contribution is 7.22. The van der Waals surface area contributed by atoms with Crippen molar-refractivity contribution in [1.29, 1.82) is 0 Å². The molecule has 1 N–H and O–H groups in total. The first-order valence-corrected chi connectivity index (χ1v) is 6.01. The Labute approximate surface area is 102 Å². The Morgan fingerprint density at radius 1 is 1.06 bits per heavy atom. The molecule has 4 heteroatoms. The number of rotatable bonds is 2. The molecule has 0 saturated carbocycles. The Hall–Kier alpha value is -1.94. The van der Waals surface area contributed by atoms with Crippen molar-refractivity contribution in [2.24, 2.45) is 0 Å². The van der Waals surface area contributed by atoms with Crippen LogP contribution in [0.15, 0.2) is 48.5 Å². The highest BCUT2D eigenvalue weighted by Gasteiger charge is 2.03. The van der Waals surface area contributed by atoms with Gasteiger partial charge in [0.2, 0.25) is 0 Å². The number of hydrogen-bond acceptors (Lipinski definition) is 3. The van der Waals surface area contributed by atoms with E-state index in [0.717, 1.165) is 15.3 Å². The largest absolute Gasteiger partial charge is 0.331 e. The molecule has 0 aliphatic heterocycles. The molecule has 0 unspecified atom stereocenters. The molecule has 0 bridgehead atoms. The van der Waals surface area contributed by atoms with Gasteiger partial charge in [0.1, 0.15) is 5.82 Å². The maximum absolute atomic E-state index is 13.0. The number of anilines is 2. The van der Waals surface area contributed by atoms with Crippen LogP contribution in [0.25, 0.3) is 10.2 Å². The standard InChI is InChI=1S/C13H9FN2S/c14-9-4-3-5-10(8-9)15-13-16-11-6-1-2-7-12(11)17-13/h1-8H,(H,15,16). The van der Waals surface area contributed by atoms with Crippen molar-refractivity contribution in [1.82, 2.24) is 4.98 Å². The summed E-state index contributed by atoms with van der Waals surface area (Å²) in [5, 5.41) is 3.88. The number of aromatic nitrogens is 1. The average molecular weight is 244 g/mol. The van der Waals surface area contributed by atoms with E-state index in [9.17, 15) is 4.39 Å². The molecule has 2 aromatic carbocycles. The molecular formula is C13H9FN2S. The topological polar surface area (TPSA) is 24.9 Å². The van der Waals surface area contributed by atoms with E-state index in [-0.39, 0.29) is 5.82 Å². The lowest BCUT2D eigenvalue weighted by Crippen LogP contribution is -1.89. The van der Waals surface area contributed by atoms with Crippen LogP contribution in [0.2, 0.25) is 0 Å². The molecule has 3 rings (SSSR count). The minimum Gasteiger partial charge on any atom is -0.331 e. The number of para-hydroxylation sites is 1. The van der Waals surface area contributed by atoms with E-state index in [1.165, 1.54) is 12.1 Å². The Morgan fingerprint density at radius 3 is 2.76 bits per heavy atom. The summed E-state index contributed by atoms with van der Waals surface area (Å²) in [6.07, 6.45) is 0. The van der Waals surface area contributed by atoms with Crippen molar-refractivity contribution in [3.05, 3.63) is 54.3 Å². The van der Waals surface area contributed by atoms with Gasteiger partial charge < -0.3 is 5.32 Å². The molecule has 3 aromatic rings. The third-order valence-electron chi connectivity index (χ3n) is 2.37. The molecule has 1 heterocycles. The second-order valence-corrected chi connectivity index (χ2v) is 4.65. The zero-order valence-electron chi connectivity index (χ0n) is 8.85. The molecule has 1 aromatic heterocycles. The van der Waals surface area contributed by atoms with E-state index >= 15 is 0 Å².